The van der Waals surface area contributed by atoms with E-state index in [1.807, 2.05) is 72.8 Å². The highest BCUT2D eigenvalue weighted by Crippen LogP contribution is 2.33. The Morgan fingerprint density at radius 1 is 0.927 bits per heavy atom. The smallest absolute Gasteiger partial charge is 0.410 e. The molecule has 8 nitrogen and oxygen atoms in total. The zero-order valence-corrected chi connectivity index (χ0v) is 24.6. The van der Waals surface area contributed by atoms with E-state index in [0.29, 0.717) is 36.8 Å². The lowest BCUT2D eigenvalue weighted by Gasteiger charge is -2.34. The maximum Gasteiger partial charge on any atom is 0.410 e. The second-order valence-electron chi connectivity index (χ2n) is 10.1. The van der Waals surface area contributed by atoms with Crippen LogP contribution in [0.1, 0.15) is 15.9 Å². The first-order valence-corrected chi connectivity index (χ1v) is 14.7. The van der Waals surface area contributed by atoms with Gasteiger partial charge in [-0.2, -0.15) is 0 Å². The molecular weight excluding hydrogens is 606 g/mol. The van der Waals surface area contributed by atoms with Gasteiger partial charge in [-0.3, -0.25) is 9.69 Å². The van der Waals surface area contributed by atoms with Crippen LogP contribution in [0.3, 0.4) is 0 Å². The van der Waals surface area contributed by atoms with E-state index in [-0.39, 0.29) is 18.6 Å². The molecule has 0 saturated carbocycles. The minimum atomic E-state index is -0.292. The van der Waals surface area contributed by atoms with E-state index in [0.717, 1.165) is 56.3 Å². The van der Waals surface area contributed by atoms with Crippen LogP contribution in [-0.2, 0) is 11.3 Å². The Kier molecular flexibility index (Phi) is 8.00. The molecule has 0 unspecified atom stereocenters. The normalized spacial score (nSPS) is 14.0. The monoisotopic (exact) mass is 633 g/mol. The van der Waals surface area contributed by atoms with Crippen molar-refractivity contribution in [3.8, 4) is 11.4 Å². The van der Waals surface area contributed by atoms with Gasteiger partial charge in [0.05, 0.1) is 17.0 Å². The standard InChI is InChI=1S/C31H29BrClN5O3/c32-22-6-8-24-26(18-22)36-29(27-17-21-16-23(33)7-9-25(21)35-27)28(24)30(39)34-10-11-37-12-14-38(15-13-37)31(40)41-19-20-4-2-1-3-5-20/h1-9,16-18,35-36H,10-15,19H2,(H,34,39). The first-order chi connectivity index (χ1) is 19.9. The molecule has 0 radical (unpaired) electrons. The second kappa shape index (κ2) is 12.0. The predicted octanol–water partition coefficient (Wildman–Crippen LogP) is 6.42. The Bertz CT molecular complexity index is 1710. The fourth-order valence-corrected chi connectivity index (χ4v) is 5.77. The van der Waals surface area contributed by atoms with Crippen LogP contribution in [0.4, 0.5) is 4.79 Å². The van der Waals surface area contributed by atoms with Crippen molar-refractivity contribution in [2.24, 2.45) is 0 Å². The number of aromatic nitrogens is 2. The van der Waals surface area contributed by atoms with Crippen LogP contribution < -0.4 is 5.32 Å². The van der Waals surface area contributed by atoms with E-state index in [4.69, 9.17) is 16.3 Å². The lowest BCUT2D eigenvalue weighted by molar-refractivity contribution is 0.0716. The topological polar surface area (TPSA) is 93.5 Å². The molecule has 2 amide bonds. The Morgan fingerprint density at radius 2 is 1.73 bits per heavy atom. The van der Waals surface area contributed by atoms with E-state index in [1.54, 1.807) is 4.90 Å². The quantitative estimate of drug-likeness (QED) is 0.193. The summed E-state index contributed by atoms with van der Waals surface area (Å²) in [4.78, 5) is 36.9. The molecular formula is C31H29BrClN5O3. The highest BCUT2D eigenvalue weighted by Gasteiger charge is 2.24. The maximum atomic E-state index is 13.6. The minimum absolute atomic E-state index is 0.145. The third-order valence-electron chi connectivity index (χ3n) is 7.39. The lowest BCUT2D eigenvalue weighted by Crippen LogP contribution is -2.50. The third kappa shape index (κ3) is 6.12. The van der Waals surface area contributed by atoms with Crippen molar-refractivity contribution < 1.29 is 14.3 Å². The van der Waals surface area contributed by atoms with Gasteiger partial charge in [0.2, 0.25) is 0 Å². The lowest BCUT2D eigenvalue weighted by atomic mass is 10.1. The molecule has 10 heteroatoms. The van der Waals surface area contributed by atoms with Gasteiger partial charge in [0.1, 0.15) is 6.61 Å². The molecule has 0 spiro atoms. The maximum absolute atomic E-state index is 13.6. The van der Waals surface area contributed by atoms with Gasteiger partial charge in [-0.1, -0.05) is 63.9 Å². The Hall–Kier alpha value is -3.79. The van der Waals surface area contributed by atoms with Crippen molar-refractivity contribution in [3.63, 3.8) is 0 Å². The van der Waals surface area contributed by atoms with Gasteiger partial charge in [-0.15, -0.1) is 0 Å². The number of amides is 2. The van der Waals surface area contributed by atoms with Crippen molar-refractivity contribution in [1.82, 2.24) is 25.1 Å². The van der Waals surface area contributed by atoms with Crippen LogP contribution in [0.15, 0.2) is 77.3 Å². The number of rotatable bonds is 7. The molecule has 210 valence electrons. The number of nitrogens with one attached hydrogen (secondary N) is 3. The van der Waals surface area contributed by atoms with Gasteiger partial charge >= 0.3 is 6.09 Å². The van der Waals surface area contributed by atoms with Crippen LogP contribution in [0.25, 0.3) is 33.2 Å². The molecule has 3 N–H and O–H groups in total. The number of hydrogen-bond donors (Lipinski definition) is 3. The number of ether oxygens (including phenoxy) is 1. The molecule has 5 aromatic rings. The highest BCUT2D eigenvalue weighted by molar-refractivity contribution is 9.10. The summed E-state index contributed by atoms with van der Waals surface area (Å²) in [6.07, 6.45) is -0.292. The van der Waals surface area contributed by atoms with Gasteiger partial charge in [0.25, 0.3) is 5.91 Å². The Morgan fingerprint density at radius 3 is 2.54 bits per heavy atom. The van der Waals surface area contributed by atoms with E-state index in [1.165, 1.54) is 0 Å². The molecule has 6 rings (SSSR count). The fraction of sp³-hybridized carbons (Fsp3) is 0.226. The molecule has 1 fully saturated rings. The molecule has 1 aliphatic rings. The zero-order valence-electron chi connectivity index (χ0n) is 22.3. The average molecular weight is 635 g/mol. The molecule has 0 atom stereocenters. The number of piperazine rings is 1. The van der Waals surface area contributed by atoms with Gasteiger partial charge < -0.3 is 24.9 Å². The zero-order chi connectivity index (χ0) is 28.3. The number of halogens is 2. The molecule has 2 aromatic heterocycles. The van der Waals surface area contributed by atoms with Gasteiger partial charge in [-0.05, 0) is 42.0 Å². The van der Waals surface area contributed by atoms with Gasteiger partial charge in [-0.25, -0.2) is 4.79 Å². The predicted molar refractivity (Wildman–Crippen MR) is 165 cm³/mol. The number of benzene rings is 3. The van der Waals surface area contributed by atoms with Crippen LogP contribution in [0.5, 0.6) is 0 Å². The SMILES string of the molecule is O=C(NCCN1CCN(C(=O)OCc2ccccc2)CC1)c1c(-c2cc3cc(Cl)ccc3[nH]2)[nH]c2cc(Br)ccc12. The Labute approximate surface area is 250 Å². The highest BCUT2D eigenvalue weighted by atomic mass is 79.9. The van der Waals surface area contributed by atoms with Crippen molar-refractivity contribution in [2.75, 3.05) is 39.3 Å². The first-order valence-electron chi connectivity index (χ1n) is 13.5. The van der Waals surface area contributed by atoms with Crippen molar-refractivity contribution in [2.45, 2.75) is 6.61 Å². The molecule has 3 heterocycles. The molecule has 1 saturated heterocycles. The van der Waals surface area contributed by atoms with Gasteiger partial charge in [0.15, 0.2) is 0 Å². The molecule has 3 aromatic carbocycles. The number of aromatic amines is 2. The largest absolute Gasteiger partial charge is 0.445 e. The third-order valence-corrected chi connectivity index (χ3v) is 8.12. The van der Waals surface area contributed by atoms with Crippen molar-refractivity contribution in [3.05, 3.63) is 93.4 Å². The van der Waals surface area contributed by atoms with Crippen molar-refractivity contribution >= 4 is 61.3 Å². The number of carbonyl (C=O) groups is 2. The van der Waals surface area contributed by atoms with Crippen molar-refractivity contribution in [1.29, 1.82) is 0 Å². The number of H-pyrrole nitrogens is 2. The van der Waals surface area contributed by atoms with E-state index in [9.17, 15) is 9.59 Å². The van der Waals surface area contributed by atoms with Gasteiger partial charge in [0, 0.05) is 70.6 Å². The summed E-state index contributed by atoms with van der Waals surface area (Å²) in [6.45, 7) is 4.07. The summed E-state index contributed by atoms with van der Waals surface area (Å²) in [5.41, 5.74) is 4.91. The second-order valence-corrected chi connectivity index (χ2v) is 11.5. The fourth-order valence-electron chi connectivity index (χ4n) is 5.23. The number of hydrogen-bond acceptors (Lipinski definition) is 4. The summed E-state index contributed by atoms with van der Waals surface area (Å²) in [7, 11) is 0. The number of fused-ring (bicyclic) bond motifs is 2. The van der Waals surface area contributed by atoms with Crippen LogP contribution in [-0.4, -0.2) is 71.0 Å². The van der Waals surface area contributed by atoms with Crippen LogP contribution in [0.2, 0.25) is 5.02 Å². The summed E-state index contributed by atoms with van der Waals surface area (Å²) in [5.74, 6) is -0.145. The van der Waals surface area contributed by atoms with E-state index in [2.05, 4.69) is 36.1 Å². The van der Waals surface area contributed by atoms with E-state index < -0.39 is 0 Å². The van der Waals surface area contributed by atoms with Crippen LogP contribution in [0, 0.1) is 0 Å². The summed E-state index contributed by atoms with van der Waals surface area (Å²) >= 11 is 9.73. The number of nitrogens with zero attached hydrogens (tertiary/aromatic N) is 2. The summed E-state index contributed by atoms with van der Waals surface area (Å²) in [6, 6.07) is 23.2. The number of carbonyl (C=O) groups excluding carboxylic acids is 2. The average Bonchev–Trinajstić information content (AvgIpc) is 3.57. The molecule has 0 aliphatic carbocycles. The summed E-state index contributed by atoms with van der Waals surface area (Å²) < 4.78 is 6.40. The first kappa shape index (κ1) is 27.4. The summed E-state index contributed by atoms with van der Waals surface area (Å²) in [5, 5.41) is 5.59. The minimum Gasteiger partial charge on any atom is -0.445 e. The molecule has 0 bridgehead atoms. The van der Waals surface area contributed by atoms with E-state index >= 15 is 0 Å². The van der Waals surface area contributed by atoms with Crippen LogP contribution >= 0.6 is 27.5 Å². The molecule has 41 heavy (non-hydrogen) atoms. The Balaban J connectivity index is 1.08. The molecule has 1 aliphatic heterocycles.